The molecule has 4 aromatic rings. The van der Waals surface area contributed by atoms with E-state index < -0.39 is 0 Å². The molecule has 0 bridgehead atoms. The standard InChI is InChI=1S/C30H28N2O/c1-21(22-8-4-2-5-9-22)31-29-20-28(29)25-16-18-27(19-17-25)32-30(33)26-14-12-24(13-15-26)23-10-6-3-7-11-23/h2-19,21,28-29,31H,20H2,1H3,(H,32,33)/t21?,28-,29+/m0/s1. The Labute approximate surface area is 195 Å². The van der Waals surface area contributed by atoms with E-state index in [1.807, 2.05) is 54.6 Å². The lowest BCUT2D eigenvalue weighted by Gasteiger charge is -2.14. The Morgan fingerprint density at radius 1 is 0.758 bits per heavy atom. The van der Waals surface area contributed by atoms with Crippen LogP contribution in [0.15, 0.2) is 109 Å². The minimum absolute atomic E-state index is 0.0926. The molecule has 0 spiro atoms. The Morgan fingerprint density at radius 2 is 1.36 bits per heavy atom. The second-order valence-corrected chi connectivity index (χ2v) is 8.77. The average molecular weight is 433 g/mol. The number of benzene rings is 4. The molecule has 1 aliphatic carbocycles. The lowest BCUT2D eigenvalue weighted by molar-refractivity contribution is 0.102. The first-order chi connectivity index (χ1) is 16.2. The van der Waals surface area contributed by atoms with E-state index in [9.17, 15) is 4.79 Å². The zero-order valence-electron chi connectivity index (χ0n) is 18.7. The fraction of sp³-hybridized carbons (Fsp3) is 0.167. The summed E-state index contributed by atoms with van der Waals surface area (Å²) in [6, 6.07) is 37.6. The molecule has 0 aliphatic heterocycles. The van der Waals surface area contributed by atoms with E-state index in [0.717, 1.165) is 23.2 Å². The average Bonchev–Trinajstić information content (AvgIpc) is 3.64. The van der Waals surface area contributed by atoms with Crippen molar-refractivity contribution < 1.29 is 4.79 Å². The van der Waals surface area contributed by atoms with E-state index in [-0.39, 0.29) is 5.91 Å². The normalized spacial score (nSPS) is 17.8. The number of carbonyl (C=O) groups excluding carboxylic acids is 1. The number of hydrogen-bond acceptors (Lipinski definition) is 2. The third-order valence-corrected chi connectivity index (χ3v) is 6.41. The van der Waals surface area contributed by atoms with Gasteiger partial charge in [0, 0.05) is 29.3 Å². The summed E-state index contributed by atoms with van der Waals surface area (Å²) in [6.45, 7) is 2.22. The molecule has 0 aromatic heterocycles. The van der Waals surface area contributed by atoms with Gasteiger partial charge in [0.15, 0.2) is 0 Å². The molecule has 0 heterocycles. The third kappa shape index (κ3) is 5.05. The van der Waals surface area contributed by atoms with Crippen LogP contribution in [0, 0.1) is 0 Å². The maximum atomic E-state index is 12.7. The first kappa shape index (κ1) is 21.2. The number of carbonyl (C=O) groups is 1. The van der Waals surface area contributed by atoms with Gasteiger partial charge in [-0.25, -0.2) is 0 Å². The number of hydrogen-bond donors (Lipinski definition) is 2. The summed E-state index contributed by atoms with van der Waals surface area (Å²) in [7, 11) is 0. The summed E-state index contributed by atoms with van der Waals surface area (Å²) >= 11 is 0. The van der Waals surface area contributed by atoms with Gasteiger partial charge in [-0.2, -0.15) is 0 Å². The van der Waals surface area contributed by atoms with Gasteiger partial charge in [-0.15, -0.1) is 0 Å². The van der Waals surface area contributed by atoms with E-state index in [1.54, 1.807) is 0 Å². The SMILES string of the molecule is CC(N[C@@H]1C[C@H]1c1ccc(NC(=O)c2ccc(-c3ccccc3)cc2)cc1)c1ccccc1. The van der Waals surface area contributed by atoms with Crippen molar-refractivity contribution in [2.24, 2.45) is 0 Å². The second kappa shape index (κ2) is 9.43. The van der Waals surface area contributed by atoms with Crippen LogP contribution in [0.2, 0.25) is 0 Å². The van der Waals surface area contributed by atoms with E-state index in [1.165, 1.54) is 11.1 Å². The summed E-state index contributed by atoms with van der Waals surface area (Å²) in [4.78, 5) is 12.7. The van der Waals surface area contributed by atoms with Crippen molar-refractivity contribution in [2.45, 2.75) is 31.3 Å². The molecule has 1 fully saturated rings. The Hall–Kier alpha value is -3.69. The fourth-order valence-electron chi connectivity index (χ4n) is 4.37. The highest BCUT2D eigenvalue weighted by Gasteiger charge is 2.38. The van der Waals surface area contributed by atoms with Crippen LogP contribution in [0.4, 0.5) is 5.69 Å². The highest BCUT2D eigenvalue weighted by molar-refractivity contribution is 6.04. The second-order valence-electron chi connectivity index (χ2n) is 8.77. The van der Waals surface area contributed by atoms with E-state index in [2.05, 4.69) is 72.2 Å². The largest absolute Gasteiger partial charge is 0.322 e. The smallest absolute Gasteiger partial charge is 0.255 e. The van der Waals surface area contributed by atoms with Gasteiger partial charge in [0.1, 0.15) is 0 Å². The summed E-state index contributed by atoms with van der Waals surface area (Å²) in [5.41, 5.74) is 6.35. The molecule has 3 heteroatoms. The molecule has 3 atom stereocenters. The summed E-state index contributed by atoms with van der Waals surface area (Å²) in [6.07, 6.45) is 1.15. The van der Waals surface area contributed by atoms with Crippen LogP contribution in [0.1, 0.15) is 46.8 Å². The van der Waals surface area contributed by atoms with Crippen LogP contribution in [0.25, 0.3) is 11.1 Å². The van der Waals surface area contributed by atoms with Gasteiger partial charge in [-0.05, 0) is 59.9 Å². The van der Waals surface area contributed by atoms with E-state index >= 15 is 0 Å². The number of nitrogens with one attached hydrogen (secondary N) is 2. The van der Waals surface area contributed by atoms with Gasteiger partial charge < -0.3 is 10.6 Å². The van der Waals surface area contributed by atoms with E-state index in [0.29, 0.717) is 23.6 Å². The molecule has 0 saturated heterocycles. The van der Waals surface area contributed by atoms with Crippen LogP contribution in [-0.2, 0) is 0 Å². The molecule has 3 nitrogen and oxygen atoms in total. The molecule has 164 valence electrons. The third-order valence-electron chi connectivity index (χ3n) is 6.41. The number of amides is 1. The van der Waals surface area contributed by atoms with Crippen molar-refractivity contribution >= 4 is 11.6 Å². The van der Waals surface area contributed by atoms with Gasteiger partial charge in [-0.3, -0.25) is 4.79 Å². The minimum Gasteiger partial charge on any atom is -0.322 e. The molecular formula is C30H28N2O. The van der Waals surface area contributed by atoms with Gasteiger partial charge >= 0.3 is 0 Å². The summed E-state index contributed by atoms with van der Waals surface area (Å²) in [5.74, 6) is 0.441. The monoisotopic (exact) mass is 432 g/mol. The molecule has 33 heavy (non-hydrogen) atoms. The molecule has 1 amide bonds. The van der Waals surface area contributed by atoms with Gasteiger partial charge in [0.2, 0.25) is 0 Å². The molecule has 1 saturated carbocycles. The molecule has 2 N–H and O–H groups in total. The predicted molar refractivity (Wildman–Crippen MR) is 135 cm³/mol. The molecule has 5 rings (SSSR count). The van der Waals surface area contributed by atoms with Crippen LogP contribution < -0.4 is 10.6 Å². The summed E-state index contributed by atoms with van der Waals surface area (Å²) < 4.78 is 0. The maximum absolute atomic E-state index is 12.7. The molecule has 1 unspecified atom stereocenters. The lowest BCUT2D eigenvalue weighted by Crippen LogP contribution is -2.22. The Balaban J connectivity index is 1.16. The highest BCUT2D eigenvalue weighted by Crippen LogP contribution is 2.42. The van der Waals surface area contributed by atoms with Crippen LogP contribution in [0.5, 0.6) is 0 Å². The number of rotatable bonds is 7. The van der Waals surface area contributed by atoms with Gasteiger partial charge in [0.05, 0.1) is 0 Å². The molecule has 0 radical (unpaired) electrons. The Morgan fingerprint density at radius 3 is 2.03 bits per heavy atom. The van der Waals surface area contributed by atoms with Crippen molar-refractivity contribution in [2.75, 3.05) is 5.32 Å². The first-order valence-corrected chi connectivity index (χ1v) is 11.6. The topological polar surface area (TPSA) is 41.1 Å². The highest BCUT2D eigenvalue weighted by atomic mass is 16.1. The van der Waals surface area contributed by atoms with E-state index in [4.69, 9.17) is 0 Å². The van der Waals surface area contributed by atoms with Crippen molar-refractivity contribution in [3.8, 4) is 11.1 Å². The Kier molecular flexibility index (Phi) is 6.05. The van der Waals surface area contributed by atoms with Gasteiger partial charge in [0.25, 0.3) is 5.91 Å². The maximum Gasteiger partial charge on any atom is 0.255 e. The van der Waals surface area contributed by atoms with Crippen molar-refractivity contribution in [1.82, 2.24) is 5.32 Å². The van der Waals surface area contributed by atoms with Crippen molar-refractivity contribution in [3.05, 3.63) is 126 Å². The molecule has 4 aromatic carbocycles. The first-order valence-electron chi connectivity index (χ1n) is 11.6. The number of anilines is 1. The molecular weight excluding hydrogens is 404 g/mol. The molecule has 1 aliphatic rings. The van der Waals surface area contributed by atoms with Crippen LogP contribution in [-0.4, -0.2) is 11.9 Å². The Bertz CT molecular complexity index is 1200. The fourth-order valence-corrected chi connectivity index (χ4v) is 4.37. The zero-order chi connectivity index (χ0) is 22.6. The summed E-state index contributed by atoms with van der Waals surface area (Å²) in [5, 5.41) is 6.75. The minimum atomic E-state index is -0.0926. The zero-order valence-corrected chi connectivity index (χ0v) is 18.7. The van der Waals surface area contributed by atoms with Crippen molar-refractivity contribution in [3.63, 3.8) is 0 Å². The predicted octanol–water partition coefficient (Wildman–Crippen LogP) is 6.81. The quantitative estimate of drug-likeness (QED) is 0.337. The van der Waals surface area contributed by atoms with Gasteiger partial charge in [-0.1, -0.05) is 84.9 Å². The van der Waals surface area contributed by atoms with Crippen molar-refractivity contribution in [1.29, 1.82) is 0 Å². The van der Waals surface area contributed by atoms with Crippen LogP contribution >= 0.6 is 0 Å². The lowest BCUT2D eigenvalue weighted by atomic mass is 10.0. The van der Waals surface area contributed by atoms with Crippen LogP contribution in [0.3, 0.4) is 0 Å².